The molecule has 11 heteroatoms. The summed E-state index contributed by atoms with van der Waals surface area (Å²) in [4.78, 5) is 12.2. The molecule has 158 valence electrons. The summed E-state index contributed by atoms with van der Waals surface area (Å²) < 4.78 is 99.0. The van der Waals surface area contributed by atoms with E-state index in [-0.39, 0.29) is 0 Å². The highest BCUT2D eigenvalue weighted by Crippen LogP contribution is 2.48. The zero-order valence-corrected chi connectivity index (χ0v) is 14.5. The summed E-state index contributed by atoms with van der Waals surface area (Å²) in [7, 11) is 0. The average Bonchev–Trinajstić information content (AvgIpc) is 2.67. The van der Waals surface area contributed by atoms with Crippen LogP contribution in [0.4, 0.5) is 30.7 Å². The number of aromatic nitrogens is 1. The van der Waals surface area contributed by atoms with E-state index in [1.165, 1.54) is 12.1 Å². The zero-order valence-electron chi connectivity index (χ0n) is 14.5. The molecule has 1 N–H and O–H groups in total. The monoisotopic (exact) mass is 425 g/mol. The van der Waals surface area contributed by atoms with Gasteiger partial charge in [-0.3, -0.25) is 4.79 Å². The highest BCUT2D eigenvalue weighted by molar-refractivity contribution is 5.45. The van der Waals surface area contributed by atoms with Crippen LogP contribution in [0.25, 0.3) is 0 Å². The third-order valence-electron chi connectivity index (χ3n) is 4.80. The first-order chi connectivity index (χ1) is 13.5. The number of benzene rings is 1. The molecule has 1 aromatic heterocycles. The second-order valence-electron chi connectivity index (χ2n) is 6.59. The van der Waals surface area contributed by atoms with Crippen LogP contribution in [-0.2, 0) is 5.92 Å². The van der Waals surface area contributed by atoms with Crippen LogP contribution in [0.5, 0.6) is 5.75 Å². The Kier molecular flexibility index (Phi) is 5.14. The molecule has 2 heterocycles. The number of halogens is 7. The van der Waals surface area contributed by atoms with Gasteiger partial charge in [0.05, 0.1) is 6.04 Å². The number of ether oxygens (including phenoxy) is 1. The van der Waals surface area contributed by atoms with E-state index in [4.69, 9.17) is 4.74 Å². The molecule has 0 spiro atoms. The largest absolute Gasteiger partial charge is 0.479 e. The Bertz CT molecular complexity index is 953. The van der Waals surface area contributed by atoms with Crippen molar-refractivity contribution in [2.75, 3.05) is 13.3 Å². The lowest BCUT2D eigenvalue weighted by Gasteiger charge is -2.43. The lowest BCUT2D eigenvalue weighted by molar-refractivity contribution is -0.289. The van der Waals surface area contributed by atoms with Crippen LogP contribution >= 0.6 is 0 Å². The normalized spacial score (nSPS) is 21.4. The number of hydrogen-bond acceptors (Lipinski definition) is 3. The Labute approximate surface area is 159 Å². The fourth-order valence-electron chi connectivity index (χ4n) is 3.19. The molecule has 0 fully saturated rings. The summed E-state index contributed by atoms with van der Waals surface area (Å²) in [5.41, 5.74) is -5.14. The second kappa shape index (κ2) is 7.05. The predicted molar refractivity (Wildman–Crippen MR) is 86.5 cm³/mol. The Balaban J connectivity index is 2.27. The highest BCUT2D eigenvalue weighted by Gasteiger charge is 2.59. The standard InChI is InChI=1S/C18H14F7NO3/c19-8-16(9-20)15(28)14(26-6-2-1-3-13(26)27)11-7-10(4-5-12(11)29-16)17(21,22)18(23,24)25/h1-7,14-15,28H,8-9H2. The summed E-state index contributed by atoms with van der Waals surface area (Å²) in [6.07, 6.45) is -6.89. The van der Waals surface area contributed by atoms with Gasteiger partial charge in [0, 0.05) is 23.4 Å². The number of hydrogen-bond donors (Lipinski definition) is 1. The van der Waals surface area contributed by atoms with E-state index in [0.29, 0.717) is 18.2 Å². The molecule has 1 aliphatic heterocycles. The van der Waals surface area contributed by atoms with Crippen molar-refractivity contribution < 1.29 is 40.6 Å². The van der Waals surface area contributed by atoms with E-state index >= 15 is 0 Å². The van der Waals surface area contributed by atoms with Crippen molar-refractivity contribution in [2.24, 2.45) is 0 Å². The zero-order chi connectivity index (χ0) is 21.6. The molecule has 0 saturated carbocycles. The lowest BCUT2D eigenvalue weighted by atomic mass is 9.84. The summed E-state index contributed by atoms with van der Waals surface area (Å²) in [5.74, 6) is -5.67. The van der Waals surface area contributed by atoms with Gasteiger partial charge < -0.3 is 14.4 Å². The van der Waals surface area contributed by atoms with Crippen molar-refractivity contribution in [3.8, 4) is 5.75 Å². The minimum Gasteiger partial charge on any atom is -0.479 e. The minimum absolute atomic E-state index is 0.413. The average molecular weight is 425 g/mol. The molecule has 3 rings (SSSR count). The third-order valence-corrected chi connectivity index (χ3v) is 4.80. The maximum atomic E-state index is 13.8. The fourth-order valence-corrected chi connectivity index (χ4v) is 3.19. The van der Waals surface area contributed by atoms with Gasteiger partial charge in [0.2, 0.25) is 0 Å². The van der Waals surface area contributed by atoms with E-state index in [1.807, 2.05) is 0 Å². The Hall–Kier alpha value is -2.56. The molecule has 0 bridgehead atoms. The van der Waals surface area contributed by atoms with Crippen LogP contribution in [0.1, 0.15) is 17.2 Å². The van der Waals surface area contributed by atoms with Gasteiger partial charge >= 0.3 is 12.1 Å². The molecule has 0 saturated heterocycles. The number of aliphatic hydroxyl groups excluding tert-OH is 1. The van der Waals surface area contributed by atoms with Gasteiger partial charge in [0.15, 0.2) is 5.60 Å². The van der Waals surface area contributed by atoms with Crippen LogP contribution in [0.2, 0.25) is 0 Å². The summed E-state index contributed by atoms with van der Waals surface area (Å²) in [6.45, 7) is -3.08. The summed E-state index contributed by atoms with van der Waals surface area (Å²) >= 11 is 0. The van der Waals surface area contributed by atoms with Crippen molar-refractivity contribution in [2.45, 2.75) is 29.8 Å². The molecule has 0 radical (unpaired) electrons. The van der Waals surface area contributed by atoms with Crippen molar-refractivity contribution in [3.63, 3.8) is 0 Å². The van der Waals surface area contributed by atoms with E-state index < -0.39 is 65.6 Å². The number of fused-ring (bicyclic) bond motifs is 1. The van der Waals surface area contributed by atoms with Crippen LogP contribution in [0.15, 0.2) is 47.4 Å². The lowest BCUT2D eigenvalue weighted by Crippen LogP contribution is -2.59. The smallest absolute Gasteiger partial charge is 0.458 e. The first-order valence-electron chi connectivity index (χ1n) is 8.23. The minimum atomic E-state index is -5.91. The molecule has 29 heavy (non-hydrogen) atoms. The van der Waals surface area contributed by atoms with Gasteiger partial charge in [-0.05, 0) is 24.3 Å². The summed E-state index contributed by atoms with van der Waals surface area (Å²) in [6, 6.07) is 3.54. The molecule has 1 aromatic carbocycles. The maximum Gasteiger partial charge on any atom is 0.458 e. The van der Waals surface area contributed by atoms with Crippen molar-refractivity contribution in [3.05, 3.63) is 64.1 Å². The molecule has 2 atom stereocenters. The first-order valence-corrected chi connectivity index (χ1v) is 8.23. The van der Waals surface area contributed by atoms with Crippen LogP contribution < -0.4 is 10.3 Å². The Morgan fingerprint density at radius 3 is 2.28 bits per heavy atom. The number of alkyl halides is 7. The molecule has 1 aliphatic rings. The first kappa shape index (κ1) is 21.2. The molecular formula is C18H14F7NO3. The number of pyridine rings is 1. The summed E-state index contributed by atoms with van der Waals surface area (Å²) in [5, 5.41) is 10.6. The van der Waals surface area contributed by atoms with Gasteiger partial charge in [0.1, 0.15) is 25.2 Å². The van der Waals surface area contributed by atoms with Gasteiger partial charge in [-0.25, -0.2) is 8.78 Å². The number of rotatable bonds is 4. The van der Waals surface area contributed by atoms with Crippen LogP contribution in [0, 0.1) is 0 Å². The fraction of sp³-hybridized carbons (Fsp3) is 0.389. The molecule has 2 unspecified atom stereocenters. The van der Waals surface area contributed by atoms with Gasteiger partial charge in [-0.1, -0.05) is 6.07 Å². The van der Waals surface area contributed by atoms with Crippen molar-refractivity contribution >= 4 is 0 Å². The van der Waals surface area contributed by atoms with Crippen molar-refractivity contribution in [1.29, 1.82) is 0 Å². The predicted octanol–water partition coefficient (Wildman–Crippen LogP) is 3.52. The van der Waals surface area contributed by atoms with E-state index in [2.05, 4.69) is 0 Å². The number of nitrogens with zero attached hydrogens (tertiary/aromatic N) is 1. The van der Waals surface area contributed by atoms with E-state index in [1.54, 1.807) is 0 Å². The van der Waals surface area contributed by atoms with E-state index in [0.717, 1.165) is 16.8 Å². The van der Waals surface area contributed by atoms with Gasteiger partial charge in [-0.15, -0.1) is 0 Å². The molecule has 0 amide bonds. The Morgan fingerprint density at radius 2 is 1.72 bits per heavy atom. The molecular weight excluding hydrogens is 411 g/mol. The van der Waals surface area contributed by atoms with Gasteiger partial charge in [-0.2, -0.15) is 22.0 Å². The van der Waals surface area contributed by atoms with Crippen LogP contribution in [-0.4, -0.2) is 40.9 Å². The van der Waals surface area contributed by atoms with Crippen molar-refractivity contribution in [1.82, 2.24) is 4.57 Å². The Morgan fingerprint density at radius 1 is 1.07 bits per heavy atom. The SMILES string of the molecule is O=c1ccccn1C1c2cc(C(F)(F)C(F)(F)F)ccc2OC(CF)(CF)C1O. The maximum absolute atomic E-state index is 13.8. The topological polar surface area (TPSA) is 51.5 Å². The molecule has 4 nitrogen and oxygen atoms in total. The number of aliphatic hydroxyl groups is 1. The molecule has 2 aromatic rings. The quantitative estimate of drug-likeness (QED) is 0.763. The second-order valence-corrected chi connectivity index (χ2v) is 6.59. The van der Waals surface area contributed by atoms with Gasteiger partial charge in [0.25, 0.3) is 5.56 Å². The van der Waals surface area contributed by atoms with E-state index in [9.17, 15) is 40.6 Å². The molecule has 0 aliphatic carbocycles. The van der Waals surface area contributed by atoms with Crippen LogP contribution in [0.3, 0.4) is 0 Å². The highest BCUT2D eigenvalue weighted by atomic mass is 19.4. The third kappa shape index (κ3) is 3.26.